The second-order valence-electron chi connectivity index (χ2n) is 6.46. The molecule has 0 atom stereocenters. The van der Waals surface area contributed by atoms with E-state index in [4.69, 9.17) is 0 Å². The highest BCUT2D eigenvalue weighted by Gasteiger charge is 2.05. The lowest BCUT2D eigenvalue weighted by Crippen LogP contribution is -1.94. The molecule has 0 radical (unpaired) electrons. The Morgan fingerprint density at radius 1 is 1.08 bits per heavy atom. The summed E-state index contributed by atoms with van der Waals surface area (Å²) in [4.78, 5) is 23.6. The van der Waals surface area contributed by atoms with Crippen molar-refractivity contribution in [3.05, 3.63) is 48.5 Å². The summed E-state index contributed by atoms with van der Waals surface area (Å²) in [7, 11) is 0. The van der Waals surface area contributed by atoms with E-state index in [1.807, 2.05) is 25.4 Å². The third-order valence-electron chi connectivity index (χ3n) is 4.56. The molecule has 0 saturated carbocycles. The fourth-order valence-corrected chi connectivity index (χ4v) is 3.02. The van der Waals surface area contributed by atoms with Gasteiger partial charge in [0.05, 0.1) is 17.4 Å². The van der Waals surface area contributed by atoms with Crippen molar-refractivity contribution in [2.75, 3.05) is 0 Å². The molecule has 1 aromatic carbocycles. The maximum atomic E-state index is 11.3. The first kappa shape index (κ1) is 17.3. The van der Waals surface area contributed by atoms with Gasteiger partial charge in [0, 0.05) is 36.4 Å². The molecular formula is C21H25N3O. The van der Waals surface area contributed by atoms with Crippen LogP contribution in [-0.2, 0) is 11.2 Å². The molecule has 0 aliphatic carbocycles. The number of aromatic amines is 1. The summed E-state index contributed by atoms with van der Waals surface area (Å²) in [5.74, 6) is 1.40. The average molecular weight is 335 g/mol. The van der Waals surface area contributed by atoms with Gasteiger partial charge in [0.25, 0.3) is 0 Å². The quantitative estimate of drug-likeness (QED) is 0.554. The predicted molar refractivity (Wildman–Crippen MR) is 101 cm³/mol. The number of carbonyl (C=O) groups is 1. The molecule has 2 heterocycles. The molecule has 0 unspecified atom stereocenters. The average Bonchev–Trinajstić information content (AvgIpc) is 3.12. The van der Waals surface area contributed by atoms with Gasteiger partial charge in [-0.05, 0) is 25.0 Å². The number of hydrogen-bond acceptors (Lipinski definition) is 3. The Labute approximate surface area is 148 Å². The van der Waals surface area contributed by atoms with Crippen molar-refractivity contribution in [1.29, 1.82) is 0 Å². The number of rotatable bonds is 9. The Hall–Kier alpha value is -2.49. The van der Waals surface area contributed by atoms with Crippen LogP contribution in [-0.4, -0.2) is 20.7 Å². The number of imidazole rings is 1. The molecule has 0 bridgehead atoms. The van der Waals surface area contributed by atoms with Crippen LogP contribution in [0.25, 0.3) is 22.2 Å². The van der Waals surface area contributed by atoms with Crippen molar-refractivity contribution >= 4 is 16.7 Å². The van der Waals surface area contributed by atoms with E-state index in [0.29, 0.717) is 12.2 Å². The minimum atomic E-state index is 0.376. The number of fused-ring (bicyclic) bond motifs is 1. The van der Waals surface area contributed by atoms with Crippen LogP contribution in [0, 0.1) is 0 Å². The first-order valence-electron chi connectivity index (χ1n) is 9.17. The molecule has 4 heteroatoms. The minimum Gasteiger partial charge on any atom is -0.342 e. The van der Waals surface area contributed by atoms with Crippen molar-refractivity contribution in [2.24, 2.45) is 0 Å². The lowest BCUT2D eigenvalue weighted by atomic mass is 10.1. The summed E-state index contributed by atoms with van der Waals surface area (Å²) >= 11 is 0. The second-order valence-corrected chi connectivity index (χ2v) is 6.46. The van der Waals surface area contributed by atoms with E-state index < -0.39 is 0 Å². The normalized spacial score (nSPS) is 11.1. The Morgan fingerprint density at radius 3 is 2.84 bits per heavy atom. The Morgan fingerprint density at radius 2 is 1.96 bits per heavy atom. The van der Waals surface area contributed by atoms with E-state index in [2.05, 4.69) is 39.2 Å². The van der Waals surface area contributed by atoms with Gasteiger partial charge in [0.1, 0.15) is 11.6 Å². The molecule has 0 aliphatic rings. The van der Waals surface area contributed by atoms with E-state index in [-0.39, 0.29) is 0 Å². The van der Waals surface area contributed by atoms with Gasteiger partial charge < -0.3 is 4.98 Å². The van der Waals surface area contributed by atoms with Crippen LogP contribution in [0.15, 0.2) is 42.7 Å². The third-order valence-corrected chi connectivity index (χ3v) is 4.56. The van der Waals surface area contributed by atoms with Crippen LogP contribution in [0.5, 0.6) is 0 Å². The molecule has 4 nitrogen and oxygen atoms in total. The van der Waals surface area contributed by atoms with Crippen molar-refractivity contribution in [1.82, 2.24) is 15.0 Å². The minimum absolute atomic E-state index is 0.376. The number of aromatic nitrogens is 3. The van der Waals surface area contributed by atoms with E-state index in [9.17, 15) is 4.79 Å². The Bertz CT molecular complexity index is 838. The number of nitrogens with one attached hydrogen (secondary N) is 1. The molecule has 1 N–H and O–H groups in total. The summed E-state index contributed by atoms with van der Waals surface area (Å²) < 4.78 is 0. The second kappa shape index (κ2) is 8.56. The molecular weight excluding hydrogens is 310 g/mol. The van der Waals surface area contributed by atoms with Crippen LogP contribution < -0.4 is 0 Å². The van der Waals surface area contributed by atoms with Crippen molar-refractivity contribution < 1.29 is 4.79 Å². The molecule has 3 rings (SSSR count). The van der Waals surface area contributed by atoms with Gasteiger partial charge in [-0.2, -0.15) is 0 Å². The zero-order valence-electron chi connectivity index (χ0n) is 14.8. The number of nitrogens with zero attached hydrogens (tertiary/aromatic N) is 2. The first-order chi connectivity index (χ1) is 12.3. The molecule has 0 aliphatic heterocycles. The van der Waals surface area contributed by atoms with Gasteiger partial charge in [0.2, 0.25) is 0 Å². The number of aryl methyl sites for hydroxylation is 1. The topological polar surface area (TPSA) is 58.6 Å². The molecule has 130 valence electrons. The number of unbranched alkanes of at least 4 members (excludes halogenated alkanes) is 3. The van der Waals surface area contributed by atoms with Gasteiger partial charge in [-0.25, -0.2) is 4.98 Å². The lowest BCUT2D eigenvalue weighted by Gasteiger charge is -2.01. The molecule has 0 fully saturated rings. The van der Waals surface area contributed by atoms with Gasteiger partial charge in [-0.1, -0.05) is 38.0 Å². The van der Waals surface area contributed by atoms with Crippen LogP contribution in [0.3, 0.4) is 0 Å². The molecule has 0 saturated heterocycles. The highest BCUT2D eigenvalue weighted by molar-refractivity contribution is 5.83. The van der Waals surface area contributed by atoms with E-state index in [1.54, 1.807) is 0 Å². The van der Waals surface area contributed by atoms with E-state index in [1.165, 1.54) is 0 Å². The zero-order valence-corrected chi connectivity index (χ0v) is 14.8. The Balaban J connectivity index is 1.51. The van der Waals surface area contributed by atoms with Crippen molar-refractivity contribution in [2.45, 2.75) is 51.9 Å². The van der Waals surface area contributed by atoms with Gasteiger partial charge in [-0.3, -0.25) is 9.78 Å². The number of Topliss-reactive ketones (excluding diaryl/α,β-unsaturated/α-hetero) is 1. The monoisotopic (exact) mass is 335 g/mol. The molecule has 25 heavy (non-hydrogen) atoms. The molecule has 0 spiro atoms. The van der Waals surface area contributed by atoms with Crippen LogP contribution in [0.2, 0.25) is 0 Å². The molecule has 3 aromatic rings. The number of hydrogen-bond donors (Lipinski definition) is 1. The highest BCUT2D eigenvalue weighted by atomic mass is 16.1. The van der Waals surface area contributed by atoms with Crippen molar-refractivity contribution in [3.8, 4) is 11.3 Å². The van der Waals surface area contributed by atoms with Crippen LogP contribution >= 0.6 is 0 Å². The largest absolute Gasteiger partial charge is 0.342 e. The van der Waals surface area contributed by atoms with Gasteiger partial charge in [0.15, 0.2) is 0 Å². The van der Waals surface area contributed by atoms with Crippen molar-refractivity contribution in [3.63, 3.8) is 0 Å². The number of H-pyrrole nitrogens is 1. The van der Waals surface area contributed by atoms with Gasteiger partial charge >= 0.3 is 0 Å². The fraction of sp³-hybridized carbons (Fsp3) is 0.381. The standard InChI is InChI=1S/C21H25N3O/c1-2-18(25)9-5-3-4-6-10-21-23-15-20(24-21)17-12-11-16-8-7-13-22-19(16)14-17/h7-8,11-15H,2-6,9-10H2,1H3,(H,23,24). The first-order valence-corrected chi connectivity index (χ1v) is 9.17. The summed E-state index contributed by atoms with van der Waals surface area (Å²) in [6.07, 6.45) is 10.5. The SMILES string of the molecule is CCC(=O)CCCCCCc1ncc(-c2ccc3cccnc3c2)[nH]1. The number of ketones is 1. The van der Waals surface area contributed by atoms with Crippen LogP contribution in [0.4, 0.5) is 0 Å². The smallest absolute Gasteiger partial charge is 0.132 e. The summed E-state index contributed by atoms with van der Waals surface area (Å²) in [5.41, 5.74) is 3.15. The van der Waals surface area contributed by atoms with Gasteiger partial charge in [-0.15, -0.1) is 0 Å². The number of carbonyl (C=O) groups excluding carboxylic acids is 1. The molecule has 2 aromatic heterocycles. The maximum absolute atomic E-state index is 11.3. The number of pyridine rings is 1. The molecule has 0 amide bonds. The lowest BCUT2D eigenvalue weighted by molar-refractivity contribution is -0.118. The number of benzene rings is 1. The zero-order chi connectivity index (χ0) is 17.5. The fourth-order valence-electron chi connectivity index (χ4n) is 3.02. The summed E-state index contributed by atoms with van der Waals surface area (Å²) in [5, 5.41) is 1.15. The Kier molecular flexibility index (Phi) is 5.94. The highest BCUT2D eigenvalue weighted by Crippen LogP contribution is 2.22. The maximum Gasteiger partial charge on any atom is 0.132 e. The predicted octanol–water partition coefficient (Wildman–Crippen LogP) is 5.10. The summed E-state index contributed by atoms with van der Waals surface area (Å²) in [6.45, 7) is 1.93. The van der Waals surface area contributed by atoms with Crippen LogP contribution in [0.1, 0.15) is 51.3 Å². The third kappa shape index (κ3) is 4.75. The van der Waals surface area contributed by atoms with E-state index >= 15 is 0 Å². The summed E-state index contributed by atoms with van der Waals surface area (Å²) in [6, 6.07) is 10.3. The van der Waals surface area contributed by atoms with E-state index in [0.717, 1.165) is 66.5 Å².